The Balaban J connectivity index is 1.56. The second kappa shape index (κ2) is 10.2. The first-order chi connectivity index (χ1) is 14.0. The zero-order valence-corrected chi connectivity index (χ0v) is 16.9. The fourth-order valence-corrected chi connectivity index (χ4v) is 3.00. The number of nitrogens with one attached hydrogen (secondary N) is 2. The molecule has 8 heteroatoms. The van der Waals surface area contributed by atoms with E-state index in [1.54, 1.807) is 0 Å². The van der Waals surface area contributed by atoms with Gasteiger partial charge in [-0.2, -0.15) is 0 Å². The molecule has 2 aromatic rings. The maximum Gasteiger partial charge on any atom is 0.273 e. The summed E-state index contributed by atoms with van der Waals surface area (Å²) < 4.78 is 11.2. The summed E-state index contributed by atoms with van der Waals surface area (Å²) in [5, 5.41) is 11.0. The van der Waals surface area contributed by atoms with Gasteiger partial charge in [0, 0.05) is 31.6 Å². The normalized spacial score (nSPS) is 16.2. The lowest BCUT2D eigenvalue weighted by molar-refractivity contribution is -0.121. The molecule has 8 nitrogen and oxygen atoms in total. The number of aromatic amines is 1. The van der Waals surface area contributed by atoms with E-state index in [1.165, 1.54) is 0 Å². The van der Waals surface area contributed by atoms with Gasteiger partial charge in [-0.25, -0.2) is 0 Å². The van der Waals surface area contributed by atoms with Crippen LogP contribution >= 0.6 is 0 Å². The average molecular weight is 400 g/mol. The number of aryl methyl sites for hydroxylation is 1. The van der Waals surface area contributed by atoms with Gasteiger partial charge in [-0.05, 0) is 30.9 Å². The van der Waals surface area contributed by atoms with Crippen molar-refractivity contribution >= 4 is 5.91 Å². The Labute approximate surface area is 170 Å². The molecule has 29 heavy (non-hydrogen) atoms. The summed E-state index contributed by atoms with van der Waals surface area (Å²) in [7, 11) is 0. The summed E-state index contributed by atoms with van der Waals surface area (Å²) in [6.07, 6.45) is 2.52. The van der Waals surface area contributed by atoms with Gasteiger partial charge in [0.25, 0.3) is 5.56 Å². The largest absolute Gasteiger partial charge is 0.493 e. The van der Waals surface area contributed by atoms with Crippen molar-refractivity contribution in [3.63, 3.8) is 0 Å². The van der Waals surface area contributed by atoms with Crippen molar-refractivity contribution in [3.8, 4) is 17.1 Å². The third-order valence-corrected chi connectivity index (χ3v) is 4.60. The predicted octanol–water partition coefficient (Wildman–Crippen LogP) is 2.09. The number of ether oxygens (including phenoxy) is 2. The molecule has 0 spiro atoms. The summed E-state index contributed by atoms with van der Waals surface area (Å²) >= 11 is 0. The molecule has 1 aliphatic heterocycles. The Morgan fingerprint density at radius 3 is 2.97 bits per heavy atom. The molecule has 1 fully saturated rings. The fraction of sp³-hybridized carbons (Fsp3) is 0.524. The number of amides is 1. The van der Waals surface area contributed by atoms with E-state index < -0.39 is 0 Å². The van der Waals surface area contributed by atoms with Gasteiger partial charge >= 0.3 is 0 Å². The third kappa shape index (κ3) is 6.39. The van der Waals surface area contributed by atoms with E-state index in [2.05, 4.69) is 34.3 Å². The van der Waals surface area contributed by atoms with Crippen molar-refractivity contribution in [2.24, 2.45) is 5.92 Å². The number of nitrogens with zero attached hydrogens (tertiary/aromatic N) is 2. The number of carbonyl (C=O) groups excluding carboxylic acids is 1. The SMILES string of the molecule is CC(C)COc1cccc(-c2nnc(CCC(=O)NCC3CCCO3)c(=O)[nH]2)c1. The minimum absolute atomic E-state index is 0.0988. The fourth-order valence-electron chi connectivity index (χ4n) is 3.00. The molecule has 0 radical (unpaired) electrons. The topological polar surface area (TPSA) is 106 Å². The van der Waals surface area contributed by atoms with Crippen molar-refractivity contribution in [1.82, 2.24) is 20.5 Å². The first-order valence-corrected chi connectivity index (χ1v) is 10.1. The van der Waals surface area contributed by atoms with Crippen molar-refractivity contribution in [1.29, 1.82) is 0 Å². The molecule has 2 N–H and O–H groups in total. The highest BCUT2D eigenvalue weighted by molar-refractivity contribution is 5.76. The Kier molecular flexibility index (Phi) is 7.35. The van der Waals surface area contributed by atoms with Gasteiger partial charge in [-0.1, -0.05) is 26.0 Å². The Morgan fingerprint density at radius 1 is 1.38 bits per heavy atom. The molecule has 2 heterocycles. The van der Waals surface area contributed by atoms with E-state index in [0.717, 1.165) is 25.0 Å². The molecule has 1 aliphatic rings. The Hall–Kier alpha value is -2.74. The van der Waals surface area contributed by atoms with Gasteiger partial charge in [0.1, 0.15) is 11.4 Å². The first kappa shape index (κ1) is 21.0. The molecule has 3 rings (SSSR count). The molecule has 1 saturated heterocycles. The zero-order valence-electron chi connectivity index (χ0n) is 16.9. The summed E-state index contributed by atoms with van der Waals surface area (Å²) in [6, 6.07) is 7.36. The molecule has 1 aromatic heterocycles. The second-order valence-corrected chi connectivity index (χ2v) is 7.62. The van der Waals surface area contributed by atoms with Crippen LogP contribution in [0.25, 0.3) is 11.4 Å². The number of carbonyl (C=O) groups is 1. The van der Waals surface area contributed by atoms with E-state index in [0.29, 0.717) is 30.6 Å². The van der Waals surface area contributed by atoms with Gasteiger partial charge < -0.3 is 19.8 Å². The van der Waals surface area contributed by atoms with Crippen LogP contribution in [0.3, 0.4) is 0 Å². The molecule has 0 bridgehead atoms. The number of aromatic nitrogens is 3. The van der Waals surface area contributed by atoms with Gasteiger partial charge in [0.2, 0.25) is 5.91 Å². The smallest absolute Gasteiger partial charge is 0.273 e. The molecule has 0 saturated carbocycles. The number of hydrogen-bond acceptors (Lipinski definition) is 6. The number of H-pyrrole nitrogens is 1. The van der Waals surface area contributed by atoms with Crippen LogP contribution in [0, 0.1) is 5.92 Å². The van der Waals surface area contributed by atoms with Crippen molar-refractivity contribution in [2.75, 3.05) is 19.8 Å². The molecule has 1 unspecified atom stereocenters. The second-order valence-electron chi connectivity index (χ2n) is 7.62. The Bertz CT molecular complexity index is 875. The summed E-state index contributed by atoms with van der Waals surface area (Å²) in [5.41, 5.74) is 0.625. The molecule has 1 atom stereocenters. The van der Waals surface area contributed by atoms with Crippen LogP contribution in [0.4, 0.5) is 0 Å². The van der Waals surface area contributed by atoms with Crippen LogP contribution in [0.1, 0.15) is 38.8 Å². The van der Waals surface area contributed by atoms with Crippen molar-refractivity contribution in [2.45, 2.75) is 45.6 Å². The van der Waals surface area contributed by atoms with Crippen molar-refractivity contribution in [3.05, 3.63) is 40.3 Å². The summed E-state index contributed by atoms with van der Waals surface area (Å²) in [5.74, 6) is 1.38. The van der Waals surface area contributed by atoms with E-state index in [1.807, 2.05) is 24.3 Å². The number of rotatable bonds is 9. The maximum absolute atomic E-state index is 12.4. The van der Waals surface area contributed by atoms with Gasteiger partial charge in [0.15, 0.2) is 5.82 Å². The van der Waals surface area contributed by atoms with Crippen LogP contribution in [0.15, 0.2) is 29.1 Å². The molecular weight excluding hydrogens is 372 g/mol. The standard InChI is InChI=1S/C21H28N4O4/c1-14(2)13-29-16-6-3-5-15(11-16)20-23-21(27)18(24-25-20)8-9-19(26)22-12-17-7-4-10-28-17/h3,5-6,11,14,17H,4,7-10,12-13H2,1-2H3,(H,22,26)(H,23,25,27). The minimum atomic E-state index is -0.338. The maximum atomic E-state index is 12.4. The number of benzene rings is 1. The highest BCUT2D eigenvalue weighted by Gasteiger charge is 2.16. The Morgan fingerprint density at radius 2 is 2.24 bits per heavy atom. The van der Waals surface area contributed by atoms with E-state index in [-0.39, 0.29) is 36.1 Å². The first-order valence-electron chi connectivity index (χ1n) is 10.1. The lowest BCUT2D eigenvalue weighted by Gasteiger charge is -2.10. The monoisotopic (exact) mass is 400 g/mol. The zero-order chi connectivity index (χ0) is 20.6. The van der Waals surface area contributed by atoms with E-state index in [4.69, 9.17) is 9.47 Å². The van der Waals surface area contributed by atoms with Gasteiger partial charge in [0.05, 0.1) is 12.7 Å². The molecular formula is C21H28N4O4. The molecule has 1 amide bonds. The lowest BCUT2D eigenvalue weighted by Crippen LogP contribution is -2.32. The highest BCUT2D eigenvalue weighted by atomic mass is 16.5. The number of hydrogen-bond donors (Lipinski definition) is 2. The quantitative estimate of drug-likeness (QED) is 0.668. The summed E-state index contributed by atoms with van der Waals surface area (Å²) in [4.78, 5) is 27.1. The van der Waals surface area contributed by atoms with Crippen LogP contribution in [0.5, 0.6) is 5.75 Å². The third-order valence-electron chi connectivity index (χ3n) is 4.60. The van der Waals surface area contributed by atoms with Crippen LogP contribution in [0.2, 0.25) is 0 Å². The molecule has 0 aliphatic carbocycles. The minimum Gasteiger partial charge on any atom is -0.493 e. The van der Waals surface area contributed by atoms with Gasteiger partial charge in [-0.15, -0.1) is 10.2 Å². The average Bonchev–Trinajstić information content (AvgIpc) is 3.23. The van der Waals surface area contributed by atoms with E-state index >= 15 is 0 Å². The lowest BCUT2D eigenvalue weighted by atomic mass is 10.2. The molecule has 1 aromatic carbocycles. The van der Waals surface area contributed by atoms with Gasteiger partial charge in [-0.3, -0.25) is 9.59 Å². The predicted molar refractivity (Wildman–Crippen MR) is 109 cm³/mol. The van der Waals surface area contributed by atoms with Crippen LogP contribution in [-0.2, 0) is 16.0 Å². The highest BCUT2D eigenvalue weighted by Crippen LogP contribution is 2.20. The van der Waals surface area contributed by atoms with Crippen LogP contribution < -0.4 is 15.6 Å². The molecule has 156 valence electrons. The van der Waals surface area contributed by atoms with Crippen molar-refractivity contribution < 1.29 is 14.3 Å². The summed E-state index contributed by atoms with van der Waals surface area (Å²) in [6.45, 7) is 6.03. The van der Waals surface area contributed by atoms with E-state index in [9.17, 15) is 9.59 Å². The van der Waals surface area contributed by atoms with Crippen LogP contribution in [-0.4, -0.2) is 47.0 Å².